The van der Waals surface area contributed by atoms with Crippen molar-refractivity contribution in [2.75, 3.05) is 18.0 Å². The monoisotopic (exact) mass is 518 g/mol. The van der Waals surface area contributed by atoms with Crippen molar-refractivity contribution in [1.29, 1.82) is 0 Å². The van der Waals surface area contributed by atoms with Gasteiger partial charge in [0.15, 0.2) is 0 Å². The quantitative estimate of drug-likeness (QED) is 0.246. The van der Waals surface area contributed by atoms with Gasteiger partial charge in [0.1, 0.15) is 11.4 Å². The van der Waals surface area contributed by atoms with Gasteiger partial charge in [0.25, 0.3) is 21.6 Å². The molecule has 166 valence electrons. The zero-order chi connectivity index (χ0) is 23.2. The van der Waals surface area contributed by atoms with Crippen molar-refractivity contribution in [3.05, 3.63) is 41.0 Å². The summed E-state index contributed by atoms with van der Waals surface area (Å²) in [6, 6.07) is 4.28. The molecule has 10 nitrogen and oxygen atoms in total. The van der Waals surface area contributed by atoms with E-state index in [2.05, 4.69) is 33.7 Å². The molecule has 1 unspecified atom stereocenters. The van der Waals surface area contributed by atoms with E-state index in [1.165, 1.54) is 23.7 Å². The third-order valence-corrected chi connectivity index (χ3v) is 5.19. The number of hydrogen-bond acceptors (Lipinski definition) is 7. The van der Waals surface area contributed by atoms with Crippen LogP contribution in [0.15, 0.2) is 32.8 Å². The average molecular weight is 520 g/mol. The molecule has 0 N–H and O–H groups in total. The summed E-state index contributed by atoms with van der Waals surface area (Å²) < 4.78 is 58.2. The Bertz CT molecular complexity index is 1190. The number of halogens is 3. The molecule has 32 heavy (non-hydrogen) atoms. The maximum Gasteiger partial charge on any atom is 0.416 e. The molecule has 0 aliphatic rings. The molecule has 0 aliphatic heterocycles. The van der Waals surface area contributed by atoms with Crippen LogP contribution in [0.1, 0.15) is 13.8 Å². The number of alkyl halides is 2. The predicted octanol–water partition coefficient (Wildman–Crippen LogP) is 5.92. The Hall–Kier alpha value is -2.87. The maximum atomic E-state index is 13.1. The minimum absolute atomic E-state index is 0. The van der Waals surface area contributed by atoms with Crippen molar-refractivity contribution in [3.63, 3.8) is 0 Å². The summed E-state index contributed by atoms with van der Waals surface area (Å²) in [5.74, 6) is -4.06. The van der Waals surface area contributed by atoms with Crippen LogP contribution in [0.4, 0.5) is 48.0 Å². The van der Waals surface area contributed by atoms with Crippen LogP contribution >= 0.6 is 0 Å². The van der Waals surface area contributed by atoms with Crippen molar-refractivity contribution in [3.8, 4) is 0 Å². The Morgan fingerprint density at radius 2 is 1.88 bits per heavy atom. The zero-order valence-corrected chi connectivity index (χ0v) is 21.2. The Balaban J connectivity index is 0.00000512. The van der Waals surface area contributed by atoms with E-state index in [4.69, 9.17) is 13.1 Å². The molecule has 0 spiro atoms. The van der Waals surface area contributed by atoms with Gasteiger partial charge >= 0.3 is 11.7 Å². The second kappa shape index (κ2) is 11.7. The number of benzene rings is 1. The van der Waals surface area contributed by atoms with E-state index in [0.717, 1.165) is 0 Å². The first-order valence-electron chi connectivity index (χ1n) is 8.71. The van der Waals surface area contributed by atoms with Crippen LogP contribution in [0.2, 0.25) is 0 Å². The normalized spacial score (nSPS) is 12.7. The molecule has 15 heteroatoms. The Morgan fingerprint density at radius 3 is 2.34 bits per heavy atom. The van der Waals surface area contributed by atoms with Crippen LogP contribution in [-0.2, 0) is 40.9 Å². The number of rotatable bonds is 8. The van der Waals surface area contributed by atoms with Crippen LogP contribution in [0, 0.1) is 13.1 Å². The fourth-order valence-corrected chi connectivity index (χ4v) is 3.11. The van der Waals surface area contributed by atoms with Gasteiger partial charge in [-0.25, -0.2) is 8.78 Å². The van der Waals surface area contributed by atoms with Crippen molar-refractivity contribution in [2.45, 2.75) is 19.6 Å². The first-order valence-corrected chi connectivity index (χ1v) is 10.2. The molecular formula is C17H17F3N8O2SZn. The Kier molecular flexibility index (Phi) is 9.91. The smallest absolute Gasteiger partial charge is 0.373 e. The molecule has 1 aromatic carbocycles. The van der Waals surface area contributed by atoms with Crippen molar-refractivity contribution >= 4 is 44.7 Å². The predicted molar refractivity (Wildman–Crippen MR) is 108 cm³/mol. The van der Waals surface area contributed by atoms with Crippen LogP contribution < -0.4 is 4.90 Å². The Morgan fingerprint density at radius 1 is 1.22 bits per heavy atom. The van der Waals surface area contributed by atoms with Crippen molar-refractivity contribution in [2.24, 2.45) is 21.6 Å². The third kappa shape index (κ3) is 5.68. The largest absolute Gasteiger partial charge is 0.416 e. The van der Waals surface area contributed by atoms with Crippen LogP contribution in [-0.4, -0.2) is 32.6 Å². The van der Waals surface area contributed by atoms with Gasteiger partial charge in [0.2, 0.25) is 0 Å². The molecule has 0 saturated heterocycles. The molecule has 1 atom stereocenters. The van der Waals surface area contributed by atoms with Gasteiger partial charge in [0.05, 0.1) is 7.05 Å². The van der Waals surface area contributed by atoms with E-state index < -0.39 is 15.8 Å². The van der Waals surface area contributed by atoms with Gasteiger partial charge in [-0.3, -0.25) is 0 Å². The Labute approximate surface area is 195 Å². The molecule has 2 aromatic rings. The summed E-state index contributed by atoms with van der Waals surface area (Å²) in [6.07, 6.45) is 0. The summed E-state index contributed by atoms with van der Waals surface area (Å²) in [6.45, 7) is 19.0. The molecule has 0 fully saturated rings. The van der Waals surface area contributed by atoms with E-state index >= 15 is 0 Å². The van der Waals surface area contributed by atoms with Crippen molar-refractivity contribution < 1.29 is 41.4 Å². The van der Waals surface area contributed by atoms with Gasteiger partial charge in [-0.1, -0.05) is 27.6 Å². The molecular weight excluding hydrogens is 503 g/mol. The fourth-order valence-electron chi connectivity index (χ4n) is 2.53. The minimum Gasteiger partial charge on any atom is -0.373 e. The second-order valence-electron chi connectivity index (χ2n) is 5.82. The summed E-state index contributed by atoms with van der Waals surface area (Å²) in [5, 5.41) is 7.70. The molecule has 1 heterocycles. The minimum atomic E-state index is -4.97. The summed E-state index contributed by atoms with van der Waals surface area (Å²) in [4.78, 5) is 12.0. The number of nitrogens with zero attached hydrogens (tertiary/aromatic N) is 8. The molecule has 1 aromatic heterocycles. The summed E-state index contributed by atoms with van der Waals surface area (Å²) >= 11 is 0. The standard InChI is InChI=1S/C17H17F3N8O2S.Zn/c1-6-28(7-2)11-8-9-12(13(10-11)26-31(29,30-20)16(18)19)24-25-17-23-14(21-3)15(22-4)27(17)5;/h8-10,16H,6-7H2,1-2,5H3;. The van der Waals surface area contributed by atoms with Crippen LogP contribution in [0.25, 0.3) is 9.69 Å². The van der Waals surface area contributed by atoms with Gasteiger partial charge in [-0.15, -0.1) is 5.11 Å². The molecule has 0 saturated carbocycles. The number of aromatic nitrogens is 2. The average Bonchev–Trinajstić information content (AvgIpc) is 3.08. The van der Waals surface area contributed by atoms with Gasteiger partial charge in [0, 0.05) is 38.3 Å². The topological polar surface area (TPSA) is 93.2 Å². The van der Waals surface area contributed by atoms with Crippen LogP contribution in [0.5, 0.6) is 0 Å². The maximum absolute atomic E-state index is 13.1. The molecule has 2 rings (SSSR count). The van der Waals surface area contributed by atoms with Gasteiger partial charge in [-0.2, -0.15) is 13.1 Å². The number of azo groups is 1. The van der Waals surface area contributed by atoms with E-state index in [1.807, 2.05) is 18.7 Å². The fraction of sp³-hybridized carbons (Fsp3) is 0.353. The van der Waals surface area contributed by atoms with Crippen molar-refractivity contribution in [1.82, 2.24) is 9.55 Å². The van der Waals surface area contributed by atoms with Crippen LogP contribution in [0.3, 0.4) is 0 Å². The molecule has 0 amide bonds. The first-order chi connectivity index (χ1) is 14.7. The molecule has 0 radical (unpaired) electrons. The molecule has 0 aliphatic carbocycles. The van der Waals surface area contributed by atoms with Gasteiger partial charge < -0.3 is 14.6 Å². The van der Waals surface area contributed by atoms with Gasteiger partial charge in [-0.05, 0) is 36.6 Å². The van der Waals surface area contributed by atoms with E-state index in [-0.39, 0.29) is 48.4 Å². The van der Waals surface area contributed by atoms with E-state index in [0.29, 0.717) is 18.8 Å². The summed E-state index contributed by atoms with van der Waals surface area (Å²) in [7, 11) is -3.53. The zero-order valence-electron chi connectivity index (χ0n) is 17.4. The number of anilines is 1. The molecule has 0 bridgehead atoms. The summed E-state index contributed by atoms with van der Waals surface area (Å²) in [5.41, 5.74) is 0.0688. The third-order valence-electron chi connectivity index (χ3n) is 4.11. The second-order valence-corrected chi connectivity index (χ2v) is 7.51. The number of hydrogen-bond donors (Lipinski definition) is 0. The SMILES string of the molecule is [C-]#[N+]c1nc(N=Nc2ccc(N(CC)CC)cc2N=S(=O)(OF)C(F)F)n(C)c1[N+]#[C-].[Zn]. The number of imidazole rings is 1. The first kappa shape index (κ1) is 27.2. The van der Waals surface area contributed by atoms with E-state index in [1.54, 1.807) is 6.07 Å². The van der Waals surface area contributed by atoms with E-state index in [9.17, 15) is 17.5 Å².